The zero-order valence-corrected chi connectivity index (χ0v) is 7.91. The molecule has 0 spiro atoms. The van der Waals surface area contributed by atoms with Crippen LogP contribution in [0.1, 0.15) is 0 Å². The van der Waals surface area contributed by atoms with Crippen LogP contribution in [-0.2, 0) is 17.6 Å². The van der Waals surface area contributed by atoms with Gasteiger partial charge in [0.25, 0.3) is 10.5 Å². The highest BCUT2D eigenvalue weighted by Gasteiger charge is 1.96. The number of nitrogens with two attached hydrogens (primary N) is 1. The number of halogens is 1. The van der Waals surface area contributed by atoms with Crippen molar-refractivity contribution in [2.24, 2.45) is 7.05 Å². The monoisotopic (exact) mass is 225 g/mol. The summed E-state index contributed by atoms with van der Waals surface area (Å²) in [7, 11) is -3.77. The van der Waals surface area contributed by atoms with Gasteiger partial charge < -0.3 is 10.3 Å². The maximum atomic E-state index is 10.7. The lowest BCUT2D eigenvalue weighted by Crippen LogP contribution is -2.47. The molecule has 0 atom stereocenters. The molecule has 0 fully saturated rings. The second-order valence-corrected chi connectivity index (χ2v) is 2.99. The molecule has 0 unspecified atom stereocenters. The van der Waals surface area contributed by atoms with Crippen molar-refractivity contribution < 1.29 is 21.4 Å². The molecule has 80 valence electrons. The van der Waals surface area contributed by atoms with Crippen LogP contribution >= 0.6 is 0 Å². The Morgan fingerprint density at radius 3 is 2.36 bits per heavy atom. The number of aromatic nitrogens is 2. The van der Waals surface area contributed by atoms with Crippen molar-refractivity contribution >= 4 is 16.3 Å². The lowest BCUT2D eigenvalue weighted by atomic mass is 10.6. The number of hydrogen-bond donors (Lipinski definition) is 2. The van der Waals surface area contributed by atoms with Gasteiger partial charge >= 0.3 is 5.69 Å². The Balaban J connectivity index is 0.000000292. The molecule has 1 rings (SSSR count). The Hall–Kier alpha value is -1.48. The van der Waals surface area contributed by atoms with Crippen LogP contribution in [0, 0.1) is 0 Å². The minimum atomic E-state index is -5.42. The lowest BCUT2D eigenvalue weighted by Gasteiger charge is -1.85. The molecule has 1 heterocycles. The Morgan fingerprint density at radius 2 is 2.07 bits per heavy atom. The number of nitrogens with one attached hydrogen (secondary N) is 1. The van der Waals surface area contributed by atoms with Crippen LogP contribution in [0.15, 0.2) is 17.1 Å². The average Bonchev–Trinajstić information content (AvgIpc) is 1.94. The van der Waals surface area contributed by atoms with E-state index >= 15 is 0 Å². The van der Waals surface area contributed by atoms with Gasteiger partial charge in [-0.25, -0.2) is 13.0 Å². The van der Waals surface area contributed by atoms with Crippen molar-refractivity contribution in [1.82, 2.24) is 4.98 Å². The fourth-order valence-electron chi connectivity index (χ4n) is 0.513. The molecule has 0 aliphatic carbocycles. The van der Waals surface area contributed by atoms with E-state index in [2.05, 4.69) is 4.98 Å². The summed E-state index contributed by atoms with van der Waals surface area (Å²) in [6.07, 6.45) is 1.61. The molecule has 0 saturated carbocycles. The summed E-state index contributed by atoms with van der Waals surface area (Å²) in [5, 5.41) is 0. The fourth-order valence-corrected chi connectivity index (χ4v) is 0.513. The molecule has 1 aromatic heterocycles. The molecule has 0 aromatic carbocycles. The molecular formula is C5H8FN3O4S. The highest BCUT2D eigenvalue weighted by atomic mass is 32.3. The van der Waals surface area contributed by atoms with Crippen molar-refractivity contribution in [3.05, 3.63) is 22.7 Å². The van der Waals surface area contributed by atoms with E-state index < -0.39 is 10.5 Å². The van der Waals surface area contributed by atoms with Crippen molar-refractivity contribution in [3.8, 4) is 0 Å². The number of aromatic amines is 1. The lowest BCUT2D eigenvalue weighted by molar-refractivity contribution is -0.689. The van der Waals surface area contributed by atoms with Crippen molar-refractivity contribution in [2.75, 3.05) is 5.73 Å². The first-order valence-electron chi connectivity index (χ1n) is 3.20. The van der Waals surface area contributed by atoms with Gasteiger partial charge in [0.2, 0.25) is 0 Å². The highest BCUT2D eigenvalue weighted by molar-refractivity contribution is 7.80. The molecule has 0 amide bonds. The first-order valence-corrected chi connectivity index (χ1v) is 4.51. The van der Waals surface area contributed by atoms with E-state index in [4.69, 9.17) is 18.7 Å². The third-order valence-corrected chi connectivity index (χ3v) is 1.05. The van der Waals surface area contributed by atoms with Gasteiger partial charge in [0, 0.05) is 6.07 Å². The quantitative estimate of drug-likeness (QED) is 0.306. The third kappa shape index (κ3) is 7.18. The SMILES string of the molecule is C[n+]1ccc(N)[nH]c1=O.O=S(=O)([O-])F. The summed E-state index contributed by atoms with van der Waals surface area (Å²) in [5.74, 6) is 0.387. The molecule has 7 nitrogen and oxygen atoms in total. The van der Waals surface area contributed by atoms with E-state index in [-0.39, 0.29) is 5.69 Å². The molecule has 0 bridgehead atoms. The smallest absolute Gasteiger partial charge is 0.497 e. The Morgan fingerprint density at radius 1 is 1.64 bits per heavy atom. The van der Waals surface area contributed by atoms with E-state index in [1.165, 1.54) is 4.57 Å². The molecule has 1 aromatic rings. The molecule has 9 heteroatoms. The molecular weight excluding hydrogens is 217 g/mol. The zero-order chi connectivity index (χ0) is 11.4. The van der Waals surface area contributed by atoms with E-state index in [9.17, 15) is 8.68 Å². The molecule has 14 heavy (non-hydrogen) atoms. The topological polar surface area (TPSA) is 120 Å². The zero-order valence-electron chi connectivity index (χ0n) is 7.10. The van der Waals surface area contributed by atoms with Crippen molar-refractivity contribution in [1.29, 1.82) is 0 Å². The first-order chi connectivity index (χ1) is 6.20. The number of aryl methyl sites for hydroxylation is 1. The van der Waals surface area contributed by atoms with Gasteiger partial charge in [-0.1, -0.05) is 0 Å². The highest BCUT2D eigenvalue weighted by Crippen LogP contribution is 1.81. The first kappa shape index (κ1) is 12.5. The summed E-state index contributed by atoms with van der Waals surface area (Å²) < 4.78 is 36.7. The number of nitrogens with zero attached hydrogens (tertiary/aromatic N) is 1. The summed E-state index contributed by atoms with van der Waals surface area (Å²) in [6, 6.07) is 1.63. The summed E-state index contributed by atoms with van der Waals surface area (Å²) in [6.45, 7) is 0. The molecule has 0 radical (unpaired) electrons. The minimum Gasteiger partial charge on any atom is -0.722 e. The van der Waals surface area contributed by atoms with Gasteiger partial charge in [-0.2, -0.15) is 9.78 Å². The van der Waals surface area contributed by atoms with Crippen LogP contribution < -0.4 is 16.0 Å². The van der Waals surface area contributed by atoms with Crippen LogP contribution in [0.25, 0.3) is 0 Å². The second-order valence-electron chi connectivity index (χ2n) is 2.21. The van der Waals surface area contributed by atoms with Crippen LogP contribution in [0.5, 0.6) is 0 Å². The normalized spacial score (nSPS) is 10.2. The Kier molecular flexibility index (Phi) is 4.18. The van der Waals surface area contributed by atoms with E-state index in [1.54, 1.807) is 19.3 Å². The number of anilines is 1. The van der Waals surface area contributed by atoms with Gasteiger partial charge in [-0.15, -0.1) is 3.89 Å². The Bertz CT molecular complexity index is 446. The largest absolute Gasteiger partial charge is 0.722 e. The summed E-state index contributed by atoms with van der Waals surface area (Å²) in [5.41, 5.74) is 5.06. The van der Waals surface area contributed by atoms with Crippen LogP contribution in [0.2, 0.25) is 0 Å². The van der Waals surface area contributed by atoms with E-state index in [0.29, 0.717) is 5.82 Å². The average molecular weight is 225 g/mol. The minimum absolute atomic E-state index is 0.199. The van der Waals surface area contributed by atoms with Gasteiger partial charge in [0.15, 0.2) is 5.82 Å². The predicted molar refractivity (Wildman–Crippen MR) is 43.5 cm³/mol. The number of nitrogen functional groups attached to an aromatic ring is 1. The number of H-pyrrole nitrogens is 1. The molecule has 3 N–H and O–H groups in total. The third-order valence-electron chi connectivity index (χ3n) is 1.05. The van der Waals surface area contributed by atoms with E-state index in [1.807, 2.05) is 0 Å². The standard InChI is InChI=1S/C5H7N3O.FHO3S/c1-8-3-2-4(6)7-5(8)9;1-5(2,3)4/h2-3H,1H3,(H2,6,7,9);(H,2,3,4). The van der Waals surface area contributed by atoms with Gasteiger partial charge in [-0.05, 0) is 0 Å². The number of rotatable bonds is 0. The van der Waals surface area contributed by atoms with Crippen LogP contribution in [0.4, 0.5) is 9.70 Å². The molecule has 0 aliphatic rings. The van der Waals surface area contributed by atoms with Crippen molar-refractivity contribution in [2.45, 2.75) is 0 Å². The van der Waals surface area contributed by atoms with E-state index in [0.717, 1.165) is 0 Å². The predicted octanol–water partition coefficient (Wildman–Crippen LogP) is -1.80. The van der Waals surface area contributed by atoms with Crippen molar-refractivity contribution in [3.63, 3.8) is 0 Å². The maximum absolute atomic E-state index is 10.7. The number of hydrogen-bond acceptors (Lipinski definition) is 5. The summed E-state index contributed by atoms with van der Waals surface area (Å²) >= 11 is 0. The summed E-state index contributed by atoms with van der Waals surface area (Å²) in [4.78, 5) is 13.1. The van der Waals surface area contributed by atoms with Gasteiger partial charge in [-0.3, -0.25) is 0 Å². The van der Waals surface area contributed by atoms with Gasteiger partial charge in [0.1, 0.15) is 0 Å². The Labute approximate surface area is 79.0 Å². The maximum Gasteiger partial charge on any atom is 0.497 e. The molecule has 0 aliphatic heterocycles. The molecule has 0 saturated heterocycles. The fraction of sp³-hybridized carbons (Fsp3) is 0.200. The van der Waals surface area contributed by atoms with Crippen LogP contribution in [-0.4, -0.2) is 18.0 Å². The second kappa shape index (κ2) is 4.67. The van der Waals surface area contributed by atoms with Gasteiger partial charge in [0.05, 0.1) is 13.2 Å². The van der Waals surface area contributed by atoms with Crippen LogP contribution in [0.3, 0.4) is 0 Å².